The molecule has 1 saturated carbocycles. The van der Waals surface area contributed by atoms with Gasteiger partial charge in [-0.15, -0.1) is 0 Å². The lowest BCUT2D eigenvalue weighted by Gasteiger charge is -2.29. The molecule has 0 aromatic heterocycles. The number of ether oxygens (including phenoxy) is 5. The Bertz CT molecular complexity index is 541. The number of hydrogen-bond acceptors (Lipinski definition) is 7. The van der Waals surface area contributed by atoms with Gasteiger partial charge < -0.3 is 33.8 Å². The minimum absolute atomic E-state index is 0.151. The number of nitrogens with one attached hydrogen (secondary N) is 1. The summed E-state index contributed by atoms with van der Waals surface area (Å²) in [4.78, 5) is 10.7. The Labute approximate surface area is 195 Å². The highest BCUT2D eigenvalue weighted by Gasteiger charge is 2.23. The summed E-state index contributed by atoms with van der Waals surface area (Å²) in [6.07, 6.45) is 7.63. The van der Waals surface area contributed by atoms with Gasteiger partial charge in [0.1, 0.15) is 19.0 Å². The number of aldehydes is 1. The van der Waals surface area contributed by atoms with Gasteiger partial charge in [0.15, 0.2) is 5.88 Å². The first-order valence-corrected chi connectivity index (χ1v) is 12.1. The molecule has 0 radical (unpaired) electrons. The summed E-state index contributed by atoms with van der Waals surface area (Å²) >= 11 is 0. The lowest BCUT2D eigenvalue weighted by atomic mass is 9.93. The van der Waals surface area contributed by atoms with Crippen molar-refractivity contribution in [2.24, 2.45) is 0 Å². The van der Waals surface area contributed by atoms with Gasteiger partial charge in [-0.05, 0) is 71.8 Å². The topological polar surface area (TPSA) is 75.2 Å². The fourth-order valence-corrected chi connectivity index (χ4v) is 2.99. The molecular formula is C25H47NO6. The second-order valence-electron chi connectivity index (χ2n) is 9.64. The fourth-order valence-electron chi connectivity index (χ4n) is 2.99. The van der Waals surface area contributed by atoms with Crippen molar-refractivity contribution in [1.29, 1.82) is 0 Å². The molecule has 7 nitrogen and oxygen atoms in total. The van der Waals surface area contributed by atoms with Gasteiger partial charge in [-0.1, -0.05) is 13.3 Å². The second-order valence-corrected chi connectivity index (χ2v) is 9.64. The maximum atomic E-state index is 10.7. The standard InChI is InChI=1S/C25H47NO6/c1-7-8-16-30-22(20-31-23(26-14-15-27)21-10-9-11-21)19-29-17-12-25(4,5)32-18-13-24(2,3)28-6/h15,22,26H,7-14,16-20H2,1-6H3. The van der Waals surface area contributed by atoms with Crippen molar-refractivity contribution in [2.45, 2.75) is 96.9 Å². The van der Waals surface area contributed by atoms with E-state index >= 15 is 0 Å². The number of unbranched alkanes of at least 4 members (excludes halogenated alkanes) is 1. The normalized spacial score (nSPS) is 15.2. The van der Waals surface area contributed by atoms with Crippen molar-refractivity contribution in [2.75, 3.05) is 46.7 Å². The van der Waals surface area contributed by atoms with E-state index in [4.69, 9.17) is 23.7 Å². The highest BCUT2D eigenvalue weighted by Crippen LogP contribution is 2.28. The predicted molar refractivity (Wildman–Crippen MR) is 127 cm³/mol. The minimum Gasteiger partial charge on any atom is -0.476 e. The van der Waals surface area contributed by atoms with Gasteiger partial charge in [-0.25, -0.2) is 0 Å². The third-order valence-electron chi connectivity index (χ3n) is 5.79. The zero-order chi connectivity index (χ0) is 23.9. The van der Waals surface area contributed by atoms with Gasteiger partial charge in [-0.2, -0.15) is 0 Å². The van der Waals surface area contributed by atoms with Crippen molar-refractivity contribution < 1.29 is 28.5 Å². The van der Waals surface area contributed by atoms with Crippen molar-refractivity contribution in [3.8, 4) is 0 Å². The van der Waals surface area contributed by atoms with Crippen LogP contribution in [-0.2, 0) is 28.5 Å². The zero-order valence-corrected chi connectivity index (χ0v) is 21.3. The minimum atomic E-state index is -0.264. The predicted octanol–water partition coefficient (Wildman–Crippen LogP) is 4.39. The van der Waals surface area contributed by atoms with Gasteiger partial charge in [0.25, 0.3) is 0 Å². The molecule has 188 valence electrons. The van der Waals surface area contributed by atoms with Crippen LogP contribution >= 0.6 is 0 Å². The van der Waals surface area contributed by atoms with Crippen LogP contribution < -0.4 is 5.32 Å². The van der Waals surface area contributed by atoms with Crippen LogP contribution in [0.1, 0.15) is 79.6 Å². The third kappa shape index (κ3) is 12.8. The lowest BCUT2D eigenvalue weighted by Crippen LogP contribution is -2.32. The zero-order valence-electron chi connectivity index (χ0n) is 21.3. The van der Waals surface area contributed by atoms with Crippen LogP contribution in [0, 0.1) is 0 Å². The summed E-state index contributed by atoms with van der Waals surface area (Å²) in [6, 6.07) is 0. The Morgan fingerprint density at radius 1 is 1.06 bits per heavy atom. The van der Waals surface area contributed by atoms with Crippen LogP contribution in [0.5, 0.6) is 0 Å². The van der Waals surface area contributed by atoms with Crippen molar-refractivity contribution in [3.63, 3.8) is 0 Å². The Morgan fingerprint density at radius 3 is 2.38 bits per heavy atom. The van der Waals surface area contributed by atoms with E-state index in [1.165, 1.54) is 12.0 Å². The monoisotopic (exact) mass is 457 g/mol. The van der Waals surface area contributed by atoms with Crippen molar-refractivity contribution in [1.82, 2.24) is 5.32 Å². The van der Waals surface area contributed by atoms with Gasteiger partial charge >= 0.3 is 0 Å². The fraction of sp³-hybridized carbons (Fsp3) is 0.880. The number of rotatable bonds is 20. The van der Waals surface area contributed by atoms with Crippen LogP contribution in [0.25, 0.3) is 0 Å². The molecule has 1 unspecified atom stereocenters. The third-order valence-corrected chi connectivity index (χ3v) is 5.79. The van der Waals surface area contributed by atoms with Gasteiger partial charge in [0, 0.05) is 20.3 Å². The molecule has 1 aliphatic rings. The SMILES string of the molecule is CCCCOC(COCCC(C)(C)OCCC(C)(C)OC)COC(NCC=O)=C1CCC1. The van der Waals surface area contributed by atoms with E-state index in [2.05, 4.69) is 39.9 Å². The van der Waals surface area contributed by atoms with E-state index < -0.39 is 0 Å². The average molecular weight is 458 g/mol. The number of hydrogen-bond donors (Lipinski definition) is 1. The number of methoxy groups -OCH3 is 1. The first-order valence-electron chi connectivity index (χ1n) is 12.1. The molecule has 1 atom stereocenters. The molecule has 0 aromatic rings. The number of allylic oxidation sites excluding steroid dienone is 1. The molecule has 0 aliphatic heterocycles. The van der Waals surface area contributed by atoms with Crippen LogP contribution in [-0.4, -0.2) is 70.3 Å². The second kappa shape index (κ2) is 15.6. The molecule has 1 N–H and O–H groups in total. The smallest absolute Gasteiger partial charge is 0.186 e. The van der Waals surface area contributed by atoms with Crippen molar-refractivity contribution in [3.05, 3.63) is 11.5 Å². The number of carbonyl (C=O) groups excluding carboxylic acids is 1. The summed E-state index contributed by atoms with van der Waals surface area (Å²) in [7, 11) is 1.73. The van der Waals surface area contributed by atoms with Crippen LogP contribution in [0.3, 0.4) is 0 Å². The Kier molecular flexibility index (Phi) is 14.1. The Balaban J connectivity index is 2.41. The number of carbonyl (C=O) groups is 1. The maximum Gasteiger partial charge on any atom is 0.186 e. The molecule has 1 aliphatic carbocycles. The average Bonchev–Trinajstić information content (AvgIpc) is 2.70. The van der Waals surface area contributed by atoms with E-state index in [9.17, 15) is 4.79 Å². The van der Waals surface area contributed by atoms with Gasteiger partial charge in [0.2, 0.25) is 0 Å². The molecule has 7 heteroatoms. The van der Waals surface area contributed by atoms with Gasteiger partial charge in [-0.3, -0.25) is 0 Å². The largest absolute Gasteiger partial charge is 0.476 e. The summed E-state index contributed by atoms with van der Waals surface area (Å²) < 4.78 is 29.5. The van der Waals surface area contributed by atoms with E-state index in [1.54, 1.807) is 7.11 Å². The Morgan fingerprint density at radius 2 is 1.78 bits per heavy atom. The quantitative estimate of drug-likeness (QED) is 0.165. The highest BCUT2D eigenvalue weighted by molar-refractivity contribution is 5.52. The van der Waals surface area contributed by atoms with Crippen LogP contribution in [0.4, 0.5) is 0 Å². The maximum absolute atomic E-state index is 10.7. The molecule has 0 heterocycles. The van der Waals surface area contributed by atoms with Crippen LogP contribution in [0.15, 0.2) is 11.5 Å². The molecule has 0 saturated heterocycles. The highest BCUT2D eigenvalue weighted by atomic mass is 16.6. The van der Waals surface area contributed by atoms with Gasteiger partial charge in [0.05, 0.1) is 31.0 Å². The molecule has 32 heavy (non-hydrogen) atoms. The summed E-state index contributed by atoms with van der Waals surface area (Å²) in [5.74, 6) is 0.737. The molecule has 0 bridgehead atoms. The summed E-state index contributed by atoms with van der Waals surface area (Å²) in [5.41, 5.74) is 0.805. The lowest BCUT2D eigenvalue weighted by molar-refractivity contribution is -0.107. The summed E-state index contributed by atoms with van der Waals surface area (Å²) in [5, 5.41) is 3.08. The van der Waals surface area contributed by atoms with Crippen molar-refractivity contribution >= 4 is 6.29 Å². The van der Waals surface area contributed by atoms with Crippen LogP contribution in [0.2, 0.25) is 0 Å². The first-order chi connectivity index (χ1) is 15.2. The summed E-state index contributed by atoms with van der Waals surface area (Å²) in [6.45, 7) is 13.5. The molecule has 1 fully saturated rings. The first kappa shape index (κ1) is 28.9. The van der Waals surface area contributed by atoms with E-state index in [1.807, 2.05) is 0 Å². The molecule has 0 aromatic carbocycles. The van der Waals surface area contributed by atoms with E-state index in [0.29, 0.717) is 33.0 Å². The van der Waals surface area contributed by atoms with E-state index in [-0.39, 0.29) is 23.9 Å². The molecule has 0 spiro atoms. The molecule has 1 rings (SSSR count). The molecular weight excluding hydrogens is 410 g/mol. The van der Waals surface area contributed by atoms with E-state index in [0.717, 1.165) is 50.7 Å². The Hall–Kier alpha value is -1.15. The molecule has 0 amide bonds.